The molecule has 1 aliphatic heterocycles. The van der Waals surface area contributed by atoms with Crippen LogP contribution < -0.4 is 0 Å². The van der Waals surface area contributed by atoms with Crippen LogP contribution in [0.4, 0.5) is 4.79 Å². The van der Waals surface area contributed by atoms with E-state index in [4.69, 9.17) is 4.74 Å². The largest absolute Gasteiger partial charge is 0.444 e. The van der Waals surface area contributed by atoms with Gasteiger partial charge < -0.3 is 4.74 Å². The summed E-state index contributed by atoms with van der Waals surface area (Å²) in [7, 11) is 0. The highest BCUT2D eigenvalue weighted by molar-refractivity contribution is 5.69. The van der Waals surface area contributed by atoms with Crippen LogP contribution in [0.3, 0.4) is 0 Å². The number of amides is 1. The number of aromatic nitrogens is 4. The first-order chi connectivity index (χ1) is 10.4. The van der Waals surface area contributed by atoms with Crippen LogP contribution in [-0.4, -0.2) is 43.3 Å². The second kappa shape index (κ2) is 5.40. The molecule has 1 fully saturated rings. The lowest BCUT2D eigenvalue weighted by Crippen LogP contribution is -2.47. The molecule has 3 heterocycles. The molecule has 1 N–H and O–H groups in total. The van der Waals surface area contributed by atoms with Gasteiger partial charge in [-0.15, -0.1) is 0 Å². The SMILES string of the molecule is CC(C)(C)OC(=O)N1CCC1c1nc(-c2ccccn2)n[nH]1. The Balaban J connectivity index is 1.73. The summed E-state index contributed by atoms with van der Waals surface area (Å²) in [5, 5.41) is 7.08. The standard InChI is InChI=1S/C15H19N5O2/c1-15(2,3)22-14(21)20-9-7-11(20)13-17-12(18-19-13)10-6-4-5-8-16-10/h4-6,8,11H,7,9H2,1-3H3,(H,17,18,19). The van der Waals surface area contributed by atoms with E-state index in [0.29, 0.717) is 23.9 Å². The summed E-state index contributed by atoms with van der Waals surface area (Å²) >= 11 is 0. The Morgan fingerprint density at radius 2 is 2.23 bits per heavy atom. The highest BCUT2D eigenvalue weighted by Crippen LogP contribution is 2.33. The fraction of sp³-hybridized carbons (Fsp3) is 0.467. The summed E-state index contributed by atoms with van der Waals surface area (Å²) in [6.45, 7) is 6.23. The van der Waals surface area contributed by atoms with Gasteiger partial charge in [0, 0.05) is 12.7 Å². The molecule has 1 saturated heterocycles. The zero-order valence-electron chi connectivity index (χ0n) is 12.9. The van der Waals surface area contributed by atoms with Gasteiger partial charge in [-0.2, -0.15) is 5.10 Å². The second-order valence-corrected chi connectivity index (χ2v) is 6.24. The minimum Gasteiger partial charge on any atom is -0.444 e. The van der Waals surface area contributed by atoms with Gasteiger partial charge in [0.2, 0.25) is 0 Å². The molecule has 0 aliphatic carbocycles. The van der Waals surface area contributed by atoms with Crippen molar-refractivity contribution in [1.82, 2.24) is 25.1 Å². The summed E-state index contributed by atoms with van der Waals surface area (Å²) in [5.74, 6) is 1.20. The molecular weight excluding hydrogens is 282 g/mol. The zero-order chi connectivity index (χ0) is 15.7. The van der Waals surface area contributed by atoms with E-state index in [1.807, 2.05) is 39.0 Å². The van der Waals surface area contributed by atoms with Gasteiger partial charge in [0.25, 0.3) is 0 Å². The van der Waals surface area contributed by atoms with Crippen LogP contribution in [0.1, 0.15) is 39.1 Å². The second-order valence-electron chi connectivity index (χ2n) is 6.24. The van der Waals surface area contributed by atoms with Crippen molar-refractivity contribution in [2.24, 2.45) is 0 Å². The first-order valence-corrected chi connectivity index (χ1v) is 7.27. The smallest absolute Gasteiger partial charge is 0.410 e. The Hall–Kier alpha value is -2.44. The predicted molar refractivity (Wildman–Crippen MR) is 79.9 cm³/mol. The lowest BCUT2D eigenvalue weighted by molar-refractivity contribution is -0.00731. The molecular formula is C15H19N5O2. The number of rotatable bonds is 2. The molecule has 3 rings (SSSR count). The Kier molecular flexibility index (Phi) is 3.56. The number of hydrogen-bond donors (Lipinski definition) is 1. The molecule has 1 atom stereocenters. The quantitative estimate of drug-likeness (QED) is 0.921. The lowest BCUT2D eigenvalue weighted by Gasteiger charge is -2.39. The van der Waals surface area contributed by atoms with Crippen LogP contribution in [0, 0.1) is 0 Å². The van der Waals surface area contributed by atoms with Gasteiger partial charge in [0.1, 0.15) is 17.1 Å². The molecule has 2 aromatic heterocycles. The lowest BCUT2D eigenvalue weighted by atomic mass is 10.0. The van der Waals surface area contributed by atoms with Gasteiger partial charge >= 0.3 is 6.09 Å². The molecule has 0 spiro atoms. The Bertz CT molecular complexity index is 662. The van der Waals surface area contributed by atoms with E-state index in [1.54, 1.807) is 11.1 Å². The van der Waals surface area contributed by atoms with Crippen LogP contribution >= 0.6 is 0 Å². The number of hydrogen-bond acceptors (Lipinski definition) is 5. The van der Waals surface area contributed by atoms with Crippen LogP contribution in [-0.2, 0) is 4.74 Å². The van der Waals surface area contributed by atoms with Gasteiger partial charge in [-0.1, -0.05) is 6.07 Å². The van der Waals surface area contributed by atoms with Crippen LogP contribution in [0.25, 0.3) is 11.5 Å². The van der Waals surface area contributed by atoms with Crippen molar-refractivity contribution in [2.75, 3.05) is 6.54 Å². The molecule has 7 nitrogen and oxygen atoms in total. The number of aromatic amines is 1. The molecule has 1 aliphatic rings. The van der Waals surface area contributed by atoms with E-state index in [2.05, 4.69) is 20.2 Å². The third-order valence-corrected chi connectivity index (χ3v) is 3.36. The number of carbonyl (C=O) groups is 1. The molecule has 0 saturated carbocycles. The average Bonchev–Trinajstić information content (AvgIpc) is 2.85. The van der Waals surface area contributed by atoms with E-state index in [-0.39, 0.29) is 12.1 Å². The molecule has 7 heteroatoms. The maximum absolute atomic E-state index is 12.1. The fourth-order valence-corrected chi connectivity index (χ4v) is 2.24. The number of nitrogens with zero attached hydrogens (tertiary/aromatic N) is 4. The number of carbonyl (C=O) groups excluding carboxylic acids is 1. The highest BCUT2D eigenvalue weighted by atomic mass is 16.6. The normalized spacial score (nSPS) is 18.0. The number of nitrogens with one attached hydrogen (secondary N) is 1. The number of ether oxygens (including phenoxy) is 1. The number of H-pyrrole nitrogens is 1. The Morgan fingerprint density at radius 1 is 1.41 bits per heavy atom. The first-order valence-electron chi connectivity index (χ1n) is 7.27. The molecule has 116 valence electrons. The van der Waals surface area contributed by atoms with Crippen molar-refractivity contribution < 1.29 is 9.53 Å². The first kappa shape index (κ1) is 14.5. The maximum Gasteiger partial charge on any atom is 0.410 e. The van der Waals surface area contributed by atoms with Crippen molar-refractivity contribution in [2.45, 2.75) is 38.8 Å². The van der Waals surface area contributed by atoms with Crippen molar-refractivity contribution in [1.29, 1.82) is 0 Å². The summed E-state index contributed by atoms with van der Waals surface area (Å²) in [6.07, 6.45) is 2.22. The van der Waals surface area contributed by atoms with E-state index in [9.17, 15) is 4.79 Å². The van der Waals surface area contributed by atoms with Crippen molar-refractivity contribution >= 4 is 6.09 Å². The fourth-order valence-electron chi connectivity index (χ4n) is 2.24. The highest BCUT2D eigenvalue weighted by Gasteiger charge is 2.38. The zero-order valence-corrected chi connectivity index (χ0v) is 12.9. The monoisotopic (exact) mass is 301 g/mol. The van der Waals surface area contributed by atoms with Gasteiger partial charge in [-0.25, -0.2) is 9.78 Å². The molecule has 0 radical (unpaired) electrons. The van der Waals surface area contributed by atoms with Gasteiger partial charge in [0.05, 0.1) is 6.04 Å². The minimum atomic E-state index is -0.502. The summed E-state index contributed by atoms with van der Waals surface area (Å²) in [5.41, 5.74) is 0.200. The molecule has 0 aromatic carbocycles. The maximum atomic E-state index is 12.1. The van der Waals surface area contributed by atoms with E-state index in [0.717, 1.165) is 6.42 Å². The van der Waals surface area contributed by atoms with E-state index < -0.39 is 5.60 Å². The predicted octanol–water partition coefficient (Wildman–Crippen LogP) is 2.55. The number of pyridine rings is 1. The van der Waals surface area contributed by atoms with Crippen LogP contribution in [0.2, 0.25) is 0 Å². The molecule has 0 bridgehead atoms. The summed E-state index contributed by atoms with van der Waals surface area (Å²) < 4.78 is 5.40. The summed E-state index contributed by atoms with van der Waals surface area (Å²) in [4.78, 5) is 22.5. The van der Waals surface area contributed by atoms with Crippen LogP contribution in [0.5, 0.6) is 0 Å². The Morgan fingerprint density at radius 3 is 2.82 bits per heavy atom. The van der Waals surface area contributed by atoms with Crippen molar-refractivity contribution in [3.05, 3.63) is 30.2 Å². The van der Waals surface area contributed by atoms with Gasteiger partial charge in [0.15, 0.2) is 5.82 Å². The molecule has 22 heavy (non-hydrogen) atoms. The average molecular weight is 301 g/mol. The third-order valence-electron chi connectivity index (χ3n) is 3.36. The Labute approximate surface area is 128 Å². The van der Waals surface area contributed by atoms with Crippen LogP contribution in [0.15, 0.2) is 24.4 Å². The molecule has 1 unspecified atom stereocenters. The van der Waals surface area contributed by atoms with Crippen molar-refractivity contribution in [3.63, 3.8) is 0 Å². The van der Waals surface area contributed by atoms with E-state index in [1.165, 1.54) is 0 Å². The third kappa shape index (κ3) is 2.93. The number of likely N-dealkylation sites (tertiary alicyclic amines) is 1. The molecule has 1 amide bonds. The molecule has 2 aromatic rings. The van der Waals surface area contributed by atoms with Crippen molar-refractivity contribution in [3.8, 4) is 11.5 Å². The van der Waals surface area contributed by atoms with Gasteiger partial charge in [-0.05, 0) is 39.3 Å². The minimum absolute atomic E-state index is 0.111. The summed E-state index contributed by atoms with van der Waals surface area (Å²) in [6, 6.07) is 5.46. The van der Waals surface area contributed by atoms with E-state index >= 15 is 0 Å². The van der Waals surface area contributed by atoms with Gasteiger partial charge in [-0.3, -0.25) is 15.0 Å². The topological polar surface area (TPSA) is 84.0 Å².